The number of halogens is 2. The zero-order chi connectivity index (χ0) is 15.6. The van der Waals surface area contributed by atoms with Crippen LogP contribution in [-0.2, 0) is 0 Å². The number of ether oxygens (including phenoxy) is 1. The van der Waals surface area contributed by atoms with E-state index in [1.54, 1.807) is 25.1 Å². The number of nitrogens with two attached hydrogens (primary N) is 1. The molecule has 0 amide bonds. The molecule has 2 aromatic carbocycles. The summed E-state index contributed by atoms with van der Waals surface area (Å²) in [5.41, 5.74) is 8.27. The fourth-order valence-corrected chi connectivity index (χ4v) is 2.39. The number of aryl methyl sites for hydroxylation is 2. The Morgan fingerprint density at radius 2 is 1.71 bits per heavy atom. The van der Waals surface area contributed by atoms with Crippen molar-refractivity contribution < 1.29 is 9.13 Å². The molecular weight excluding hydrogens is 289 g/mol. The van der Waals surface area contributed by atoms with Crippen LogP contribution in [0.15, 0.2) is 36.4 Å². The molecule has 0 saturated carbocycles. The molecule has 0 aliphatic rings. The molecule has 2 unspecified atom stereocenters. The Hall–Kier alpha value is -1.58. The van der Waals surface area contributed by atoms with Gasteiger partial charge in [-0.3, -0.25) is 0 Å². The second-order valence-electron chi connectivity index (χ2n) is 5.29. The van der Waals surface area contributed by atoms with Crippen LogP contribution in [0.1, 0.15) is 29.7 Å². The maximum atomic E-state index is 14.0. The van der Waals surface area contributed by atoms with Gasteiger partial charge in [-0.2, -0.15) is 0 Å². The molecule has 0 bridgehead atoms. The number of benzene rings is 2. The fraction of sp³-hybridized carbons (Fsp3) is 0.294. The van der Waals surface area contributed by atoms with E-state index in [1.165, 1.54) is 6.07 Å². The molecular formula is C17H19ClFNO. The zero-order valence-corrected chi connectivity index (χ0v) is 13.1. The van der Waals surface area contributed by atoms with Gasteiger partial charge in [-0.25, -0.2) is 4.39 Å². The topological polar surface area (TPSA) is 35.2 Å². The van der Waals surface area contributed by atoms with Gasteiger partial charge in [-0.15, -0.1) is 0 Å². The molecule has 0 spiro atoms. The number of hydrogen-bond acceptors (Lipinski definition) is 2. The van der Waals surface area contributed by atoms with E-state index in [9.17, 15) is 4.39 Å². The van der Waals surface area contributed by atoms with Gasteiger partial charge in [0, 0.05) is 16.6 Å². The summed E-state index contributed by atoms with van der Waals surface area (Å²) in [6, 6.07) is 9.85. The van der Waals surface area contributed by atoms with Crippen molar-refractivity contribution in [2.45, 2.75) is 32.9 Å². The van der Waals surface area contributed by atoms with Crippen LogP contribution in [0.5, 0.6) is 5.75 Å². The van der Waals surface area contributed by atoms with E-state index < -0.39 is 6.10 Å². The maximum Gasteiger partial charge on any atom is 0.141 e. The van der Waals surface area contributed by atoms with Crippen LogP contribution in [0.3, 0.4) is 0 Å². The van der Waals surface area contributed by atoms with Gasteiger partial charge in [-0.05, 0) is 50.1 Å². The van der Waals surface area contributed by atoms with Crippen LogP contribution in [0.25, 0.3) is 0 Å². The predicted octanol–water partition coefficient (Wildman–Crippen LogP) is 4.56. The van der Waals surface area contributed by atoms with Crippen LogP contribution in [-0.4, -0.2) is 6.04 Å². The third-order valence-corrected chi connectivity index (χ3v) is 3.96. The first kappa shape index (κ1) is 15.8. The minimum Gasteiger partial charge on any atom is -0.484 e. The van der Waals surface area contributed by atoms with Gasteiger partial charge in [0.2, 0.25) is 0 Å². The van der Waals surface area contributed by atoms with E-state index in [0.717, 1.165) is 11.1 Å². The Morgan fingerprint density at radius 3 is 2.24 bits per heavy atom. The lowest BCUT2D eigenvalue weighted by Crippen LogP contribution is -2.29. The van der Waals surface area contributed by atoms with Crippen LogP contribution in [0.4, 0.5) is 4.39 Å². The summed E-state index contributed by atoms with van der Waals surface area (Å²) in [6.07, 6.45) is -0.550. The average Bonchev–Trinajstić information content (AvgIpc) is 2.42. The average molecular weight is 308 g/mol. The van der Waals surface area contributed by atoms with E-state index in [1.807, 2.05) is 26.0 Å². The summed E-state index contributed by atoms with van der Waals surface area (Å²) in [7, 11) is 0. The molecule has 0 aliphatic carbocycles. The summed E-state index contributed by atoms with van der Waals surface area (Å²) in [5, 5.41) is 0.714. The van der Waals surface area contributed by atoms with Gasteiger partial charge in [0.1, 0.15) is 17.7 Å². The lowest BCUT2D eigenvalue weighted by Gasteiger charge is -2.24. The number of hydrogen-bond donors (Lipinski definition) is 1. The summed E-state index contributed by atoms with van der Waals surface area (Å²) in [4.78, 5) is 0. The summed E-state index contributed by atoms with van der Waals surface area (Å²) in [5.74, 6) is 0.321. The minimum absolute atomic E-state index is 0.317. The van der Waals surface area contributed by atoms with E-state index in [0.29, 0.717) is 16.3 Å². The first-order chi connectivity index (χ1) is 9.90. The zero-order valence-electron chi connectivity index (χ0n) is 12.4. The first-order valence-electron chi connectivity index (χ1n) is 6.83. The van der Waals surface area contributed by atoms with E-state index in [4.69, 9.17) is 22.1 Å². The van der Waals surface area contributed by atoms with E-state index in [-0.39, 0.29) is 11.9 Å². The molecule has 0 radical (unpaired) electrons. The molecule has 0 heterocycles. The predicted molar refractivity (Wildman–Crippen MR) is 84.3 cm³/mol. The van der Waals surface area contributed by atoms with Crippen molar-refractivity contribution >= 4 is 11.6 Å². The second kappa shape index (κ2) is 6.46. The molecule has 2 atom stereocenters. The molecule has 0 aliphatic heterocycles. The Morgan fingerprint density at radius 1 is 1.14 bits per heavy atom. The normalized spacial score (nSPS) is 13.8. The monoisotopic (exact) mass is 307 g/mol. The Balaban J connectivity index is 2.36. The Kier molecular flexibility index (Phi) is 4.86. The van der Waals surface area contributed by atoms with Gasteiger partial charge < -0.3 is 10.5 Å². The molecule has 4 heteroatoms. The van der Waals surface area contributed by atoms with E-state index >= 15 is 0 Å². The molecule has 2 rings (SSSR count). The van der Waals surface area contributed by atoms with Crippen molar-refractivity contribution in [3.05, 3.63) is 63.9 Å². The minimum atomic E-state index is -0.550. The highest BCUT2D eigenvalue weighted by Gasteiger charge is 2.22. The van der Waals surface area contributed by atoms with Crippen molar-refractivity contribution in [2.24, 2.45) is 5.73 Å². The second-order valence-corrected chi connectivity index (χ2v) is 5.67. The third kappa shape index (κ3) is 3.55. The summed E-state index contributed by atoms with van der Waals surface area (Å²) < 4.78 is 19.9. The standard InChI is InChI=1S/C17H19ClFNO/c1-10-8-13(9-11(2)16(10)18)21-17(12(3)20)14-6-4-5-7-15(14)19/h4-9,12,17H,20H2,1-3H3. The summed E-state index contributed by atoms with van der Waals surface area (Å²) >= 11 is 6.15. The molecule has 2 aromatic rings. The lowest BCUT2D eigenvalue weighted by molar-refractivity contribution is 0.175. The highest BCUT2D eigenvalue weighted by molar-refractivity contribution is 6.32. The van der Waals surface area contributed by atoms with Crippen molar-refractivity contribution in [3.8, 4) is 5.75 Å². The fourth-order valence-electron chi connectivity index (χ4n) is 2.28. The van der Waals surface area contributed by atoms with Crippen LogP contribution in [0, 0.1) is 19.7 Å². The molecule has 0 fully saturated rings. The van der Waals surface area contributed by atoms with Crippen LogP contribution in [0.2, 0.25) is 5.02 Å². The molecule has 0 saturated heterocycles. The van der Waals surface area contributed by atoms with Crippen molar-refractivity contribution in [3.63, 3.8) is 0 Å². The third-order valence-electron chi connectivity index (χ3n) is 3.36. The molecule has 0 aromatic heterocycles. The van der Waals surface area contributed by atoms with Crippen LogP contribution < -0.4 is 10.5 Å². The maximum absolute atomic E-state index is 14.0. The largest absolute Gasteiger partial charge is 0.484 e. The summed E-state index contributed by atoms with van der Waals surface area (Å²) in [6.45, 7) is 5.62. The van der Waals surface area contributed by atoms with Crippen molar-refractivity contribution in [1.29, 1.82) is 0 Å². The van der Waals surface area contributed by atoms with Gasteiger partial charge in [0.05, 0.1) is 0 Å². The molecule has 21 heavy (non-hydrogen) atoms. The van der Waals surface area contributed by atoms with Gasteiger partial charge >= 0.3 is 0 Å². The van der Waals surface area contributed by atoms with Gasteiger partial charge in [0.25, 0.3) is 0 Å². The van der Waals surface area contributed by atoms with Gasteiger partial charge in [-0.1, -0.05) is 29.8 Å². The highest BCUT2D eigenvalue weighted by atomic mass is 35.5. The van der Waals surface area contributed by atoms with Crippen molar-refractivity contribution in [2.75, 3.05) is 0 Å². The molecule has 2 nitrogen and oxygen atoms in total. The Bertz CT molecular complexity index is 619. The van der Waals surface area contributed by atoms with Gasteiger partial charge in [0.15, 0.2) is 0 Å². The number of rotatable bonds is 4. The van der Waals surface area contributed by atoms with E-state index in [2.05, 4.69) is 0 Å². The first-order valence-corrected chi connectivity index (χ1v) is 7.21. The SMILES string of the molecule is Cc1cc(OC(c2ccccc2F)C(C)N)cc(C)c1Cl. The Labute approximate surface area is 129 Å². The van der Waals surface area contributed by atoms with Crippen molar-refractivity contribution in [1.82, 2.24) is 0 Å². The lowest BCUT2D eigenvalue weighted by atomic mass is 10.0. The smallest absolute Gasteiger partial charge is 0.141 e. The molecule has 112 valence electrons. The molecule has 2 N–H and O–H groups in total. The van der Waals surface area contributed by atoms with Crippen LogP contribution >= 0.6 is 11.6 Å². The highest BCUT2D eigenvalue weighted by Crippen LogP contribution is 2.30. The quantitative estimate of drug-likeness (QED) is 0.898.